The van der Waals surface area contributed by atoms with Crippen molar-refractivity contribution in [2.24, 2.45) is 17.6 Å². The molecular weight excluding hydrogens is 210 g/mol. The first kappa shape index (κ1) is 13.3. The summed E-state index contributed by atoms with van der Waals surface area (Å²) in [5.74, 6) is 1.71. The predicted molar refractivity (Wildman–Crippen MR) is 73.0 cm³/mol. The maximum Gasteiger partial charge on any atom is 0.0356 e. The van der Waals surface area contributed by atoms with E-state index < -0.39 is 0 Å². The standard InChI is InChI=1S/C14H29N3/c1-12(2)13-4-7-17(10-13)14(11-15)5-8-16(3)9-6-14/h12-13H,4-11,15H2,1-3H3. The van der Waals surface area contributed by atoms with Crippen LogP contribution in [-0.2, 0) is 0 Å². The summed E-state index contributed by atoms with van der Waals surface area (Å²) in [7, 11) is 2.22. The van der Waals surface area contributed by atoms with Gasteiger partial charge in [-0.2, -0.15) is 0 Å². The van der Waals surface area contributed by atoms with E-state index in [1.807, 2.05) is 0 Å². The van der Waals surface area contributed by atoms with Crippen LogP contribution in [0.25, 0.3) is 0 Å². The van der Waals surface area contributed by atoms with Gasteiger partial charge in [0.1, 0.15) is 0 Å². The van der Waals surface area contributed by atoms with Gasteiger partial charge in [-0.3, -0.25) is 4.90 Å². The van der Waals surface area contributed by atoms with Crippen LogP contribution in [0, 0.1) is 11.8 Å². The van der Waals surface area contributed by atoms with Crippen LogP contribution in [0.3, 0.4) is 0 Å². The fourth-order valence-corrected chi connectivity index (χ4v) is 3.45. The average molecular weight is 239 g/mol. The number of hydrogen-bond acceptors (Lipinski definition) is 3. The van der Waals surface area contributed by atoms with Gasteiger partial charge in [0, 0.05) is 18.6 Å². The minimum absolute atomic E-state index is 0.316. The van der Waals surface area contributed by atoms with Crippen LogP contribution in [0.2, 0.25) is 0 Å². The molecule has 2 rings (SSSR count). The van der Waals surface area contributed by atoms with Gasteiger partial charge >= 0.3 is 0 Å². The van der Waals surface area contributed by atoms with Crippen molar-refractivity contribution in [2.45, 2.75) is 38.6 Å². The van der Waals surface area contributed by atoms with E-state index in [9.17, 15) is 0 Å². The van der Waals surface area contributed by atoms with Crippen molar-refractivity contribution in [3.63, 3.8) is 0 Å². The maximum absolute atomic E-state index is 6.12. The predicted octanol–water partition coefficient (Wildman–Crippen LogP) is 1.39. The second-order valence-electron chi connectivity index (χ2n) is 6.47. The lowest BCUT2D eigenvalue weighted by Gasteiger charge is -2.46. The van der Waals surface area contributed by atoms with Gasteiger partial charge in [-0.15, -0.1) is 0 Å². The molecule has 2 aliphatic rings. The van der Waals surface area contributed by atoms with Gasteiger partial charge < -0.3 is 10.6 Å². The molecule has 2 fully saturated rings. The summed E-state index contributed by atoms with van der Waals surface area (Å²) in [6, 6.07) is 0. The number of likely N-dealkylation sites (tertiary alicyclic amines) is 2. The van der Waals surface area contributed by atoms with Crippen LogP contribution in [0.4, 0.5) is 0 Å². The minimum atomic E-state index is 0.316. The Morgan fingerprint density at radius 3 is 2.35 bits per heavy atom. The monoisotopic (exact) mass is 239 g/mol. The number of piperidine rings is 1. The van der Waals surface area contributed by atoms with Crippen molar-refractivity contribution in [3.05, 3.63) is 0 Å². The summed E-state index contributed by atoms with van der Waals surface area (Å²) in [5, 5.41) is 0. The van der Waals surface area contributed by atoms with Gasteiger partial charge in [-0.1, -0.05) is 13.8 Å². The fourth-order valence-electron chi connectivity index (χ4n) is 3.45. The highest BCUT2D eigenvalue weighted by Crippen LogP contribution is 2.34. The molecular formula is C14H29N3. The SMILES string of the molecule is CC(C)C1CCN(C2(CN)CCN(C)CC2)C1. The molecule has 0 aromatic heterocycles. The van der Waals surface area contributed by atoms with Crippen molar-refractivity contribution in [1.82, 2.24) is 9.80 Å². The Morgan fingerprint density at radius 1 is 1.24 bits per heavy atom. The third-order valence-corrected chi connectivity index (χ3v) is 5.14. The van der Waals surface area contributed by atoms with Crippen LogP contribution < -0.4 is 5.73 Å². The lowest BCUT2D eigenvalue weighted by atomic mass is 9.85. The Hall–Kier alpha value is -0.120. The van der Waals surface area contributed by atoms with Crippen LogP contribution in [0.15, 0.2) is 0 Å². The molecule has 0 bridgehead atoms. The van der Waals surface area contributed by atoms with E-state index in [0.29, 0.717) is 5.54 Å². The molecule has 0 radical (unpaired) electrons. The Kier molecular flexibility index (Phi) is 4.11. The first-order valence-electron chi connectivity index (χ1n) is 7.21. The van der Waals surface area contributed by atoms with E-state index in [-0.39, 0.29) is 0 Å². The molecule has 0 aliphatic carbocycles. The van der Waals surface area contributed by atoms with E-state index in [4.69, 9.17) is 5.73 Å². The number of nitrogens with two attached hydrogens (primary N) is 1. The van der Waals surface area contributed by atoms with Gasteiger partial charge in [0.25, 0.3) is 0 Å². The summed E-state index contributed by atoms with van der Waals surface area (Å²) >= 11 is 0. The maximum atomic E-state index is 6.12. The highest BCUT2D eigenvalue weighted by Gasteiger charge is 2.41. The average Bonchev–Trinajstić information content (AvgIpc) is 2.81. The summed E-state index contributed by atoms with van der Waals surface area (Å²) < 4.78 is 0. The molecule has 1 atom stereocenters. The van der Waals surface area contributed by atoms with Crippen LogP contribution >= 0.6 is 0 Å². The lowest BCUT2D eigenvalue weighted by Crippen LogP contribution is -2.58. The Bertz CT molecular complexity index is 244. The van der Waals surface area contributed by atoms with Gasteiger partial charge in [0.2, 0.25) is 0 Å². The van der Waals surface area contributed by atoms with Gasteiger partial charge in [0.15, 0.2) is 0 Å². The number of rotatable bonds is 3. The van der Waals surface area contributed by atoms with Crippen LogP contribution in [0.5, 0.6) is 0 Å². The summed E-state index contributed by atoms with van der Waals surface area (Å²) in [5.41, 5.74) is 6.44. The largest absolute Gasteiger partial charge is 0.329 e. The molecule has 2 saturated heterocycles. The van der Waals surface area contributed by atoms with E-state index in [1.54, 1.807) is 0 Å². The highest BCUT2D eigenvalue weighted by atomic mass is 15.3. The quantitative estimate of drug-likeness (QED) is 0.808. The molecule has 100 valence electrons. The lowest BCUT2D eigenvalue weighted by molar-refractivity contribution is 0.0479. The summed E-state index contributed by atoms with van der Waals surface area (Å²) in [6.07, 6.45) is 3.88. The highest BCUT2D eigenvalue weighted by molar-refractivity contribution is 4.98. The molecule has 2 heterocycles. The molecule has 1 unspecified atom stereocenters. The zero-order chi connectivity index (χ0) is 12.5. The van der Waals surface area contributed by atoms with Crippen molar-refractivity contribution in [3.8, 4) is 0 Å². The smallest absolute Gasteiger partial charge is 0.0356 e. The first-order valence-corrected chi connectivity index (χ1v) is 7.21. The van der Waals surface area contributed by atoms with Crippen molar-refractivity contribution < 1.29 is 0 Å². The zero-order valence-corrected chi connectivity index (χ0v) is 11.8. The summed E-state index contributed by atoms with van der Waals surface area (Å²) in [6.45, 7) is 10.5. The third-order valence-electron chi connectivity index (χ3n) is 5.14. The molecule has 2 aliphatic heterocycles. The fraction of sp³-hybridized carbons (Fsp3) is 1.00. The topological polar surface area (TPSA) is 32.5 Å². The Morgan fingerprint density at radius 2 is 1.88 bits per heavy atom. The second kappa shape index (κ2) is 5.25. The molecule has 0 aromatic rings. The van der Waals surface area contributed by atoms with Gasteiger partial charge in [-0.25, -0.2) is 0 Å². The van der Waals surface area contributed by atoms with Crippen molar-refractivity contribution in [2.75, 3.05) is 39.8 Å². The molecule has 3 nitrogen and oxygen atoms in total. The second-order valence-corrected chi connectivity index (χ2v) is 6.47. The molecule has 0 amide bonds. The third kappa shape index (κ3) is 2.67. The van der Waals surface area contributed by atoms with Gasteiger partial charge in [-0.05, 0) is 57.8 Å². The molecule has 17 heavy (non-hydrogen) atoms. The van der Waals surface area contributed by atoms with Crippen molar-refractivity contribution in [1.29, 1.82) is 0 Å². The zero-order valence-electron chi connectivity index (χ0n) is 11.8. The molecule has 2 N–H and O–H groups in total. The minimum Gasteiger partial charge on any atom is -0.329 e. The number of nitrogens with zero attached hydrogens (tertiary/aromatic N) is 2. The van der Waals surface area contributed by atoms with E-state index in [0.717, 1.165) is 18.4 Å². The van der Waals surface area contributed by atoms with Crippen molar-refractivity contribution >= 4 is 0 Å². The normalized spacial score (nSPS) is 31.2. The molecule has 0 spiro atoms. The van der Waals surface area contributed by atoms with E-state index >= 15 is 0 Å². The Balaban J connectivity index is 1.99. The summed E-state index contributed by atoms with van der Waals surface area (Å²) in [4.78, 5) is 5.15. The first-order chi connectivity index (χ1) is 8.07. The van der Waals surface area contributed by atoms with Gasteiger partial charge in [0.05, 0.1) is 0 Å². The van der Waals surface area contributed by atoms with Crippen LogP contribution in [-0.4, -0.2) is 55.1 Å². The molecule has 0 saturated carbocycles. The Labute approximate surface area is 106 Å². The molecule has 3 heteroatoms. The molecule has 0 aromatic carbocycles. The van der Waals surface area contributed by atoms with Crippen LogP contribution in [0.1, 0.15) is 33.1 Å². The van der Waals surface area contributed by atoms with E-state index in [2.05, 4.69) is 30.7 Å². The number of hydrogen-bond donors (Lipinski definition) is 1. The van der Waals surface area contributed by atoms with E-state index in [1.165, 1.54) is 45.4 Å².